The first-order valence-electron chi connectivity index (χ1n) is 13.5. The summed E-state index contributed by atoms with van der Waals surface area (Å²) in [5, 5.41) is 4.06. The second-order valence-electron chi connectivity index (χ2n) is 10.1. The second kappa shape index (κ2) is 8.37. The molecule has 0 aliphatic heterocycles. The van der Waals surface area contributed by atoms with Crippen LogP contribution in [0.4, 0.5) is 0 Å². The predicted octanol–water partition coefficient (Wildman–Crippen LogP) is 9.15. The van der Waals surface area contributed by atoms with E-state index in [1.807, 2.05) is 91.0 Å². The molecule has 0 aliphatic carbocycles. The molecule has 6 nitrogen and oxygen atoms in total. The van der Waals surface area contributed by atoms with E-state index in [4.69, 9.17) is 23.8 Å². The Morgan fingerprint density at radius 3 is 1.78 bits per heavy atom. The molecule has 0 amide bonds. The molecule has 41 heavy (non-hydrogen) atoms. The summed E-state index contributed by atoms with van der Waals surface area (Å²) in [5.41, 5.74) is 8.20. The van der Waals surface area contributed by atoms with Gasteiger partial charge in [-0.15, -0.1) is 0 Å². The monoisotopic (exact) mass is 528 g/mol. The van der Waals surface area contributed by atoms with Crippen LogP contribution in [0.1, 0.15) is 0 Å². The van der Waals surface area contributed by atoms with Crippen molar-refractivity contribution in [1.29, 1.82) is 0 Å². The Morgan fingerprint density at radius 2 is 1.07 bits per heavy atom. The van der Waals surface area contributed by atoms with Gasteiger partial charge in [0.25, 0.3) is 0 Å². The van der Waals surface area contributed by atoms with Gasteiger partial charge in [0, 0.05) is 38.2 Å². The molecular weight excluding hydrogens is 508 g/mol. The maximum Gasteiger partial charge on any atom is 0.163 e. The van der Waals surface area contributed by atoms with Crippen LogP contribution in [-0.2, 0) is 0 Å². The Balaban J connectivity index is 1.40. The number of hydrogen-bond acceptors (Lipinski definition) is 5. The van der Waals surface area contributed by atoms with Gasteiger partial charge in [-0.05, 0) is 24.3 Å². The standard InChI is InChI=1S/C35H20N4O2/c1-2-10-20(11-3-1)33-37-32-31(23-14-8-18-27-29(23)21-12-4-6-16-25(21)40-27)36-34(39-35(32)38-33)24-15-9-19-28-30(24)22-13-5-7-17-26(22)41-28/h1-19H,(H,36,37,38,39). The Hall–Kier alpha value is -5.75. The first-order valence-corrected chi connectivity index (χ1v) is 13.5. The minimum Gasteiger partial charge on any atom is -0.456 e. The highest BCUT2D eigenvalue weighted by molar-refractivity contribution is 6.15. The molecule has 0 bridgehead atoms. The lowest BCUT2D eigenvalue weighted by Gasteiger charge is -2.08. The molecule has 9 aromatic rings. The van der Waals surface area contributed by atoms with Crippen LogP contribution in [0.15, 0.2) is 124 Å². The zero-order valence-electron chi connectivity index (χ0n) is 21.6. The molecule has 1 N–H and O–H groups in total. The quantitative estimate of drug-likeness (QED) is 0.247. The van der Waals surface area contributed by atoms with Crippen LogP contribution >= 0.6 is 0 Å². The summed E-state index contributed by atoms with van der Waals surface area (Å²) in [5.74, 6) is 1.34. The van der Waals surface area contributed by atoms with Crippen LogP contribution in [0.2, 0.25) is 0 Å². The van der Waals surface area contributed by atoms with Crippen molar-refractivity contribution < 1.29 is 8.83 Å². The molecule has 192 valence electrons. The summed E-state index contributed by atoms with van der Waals surface area (Å²) in [7, 11) is 0. The number of aromatic amines is 1. The van der Waals surface area contributed by atoms with Gasteiger partial charge in [-0.25, -0.2) is 15.0 Å². The predicted molar refractivity (Wildman–Crippen MR) is 163 cm³/mol. The van der Waals surface area contributed by atoms with Gasteiger partial charge in [-0.2, -0.15) is 0 Å². The normalized spacial score (nSPS) is 11.9. The number of fused-ring (bicyclic) bond motifs is 7. The molecule has 0 fully saturated rings. The summed E-state index contributed by atoms with van der Waals surface area (Å²) in [4.78, 5) is 18.8. The summed E-state index contributed by atoms with van der Waals surface area (Å²) in [6.45, 7) is 0. The summed E-state index contributed by atoms with van der Waals surface area (Å²) >= 11 is 0. The topological polar surface area (TPSA) is 80.7 Å². The molecule has 0 saturated heterocycles. The van der Waals surface area contributed by atoms with E-state index in [2.05, 4.69) is 29.2 Å². The fraction of sp³-hybridized carbons (Fsp3) is 0. The highest BCUT2D eigenvalue weighted by Crippen LogP contribution is 2.40. The highest BCUT2D eigenvalue weighted by Gasteiger charge is 2.22. The van der Waals surface area contributed by atoms with Gasteiger partial charge in [0.2, 0.25) is 0 Å². The van der Waals surface area contributed by atoms with E-state index in [-0.39, 0.29) is 0 Å². The van der Waals surface area contributed by atoms with Crippen LogP contribution in [0.3, 0.4) is 0 Å². The van der Waals surface area contributed by atoms with E-state index >= 15 is 0 Å². The van der Waals surface area contributed by atoms with E-state index < -0.39 is 0 Å². The molecule has 0 spiro atoms. The van der Waals surface area contributed by atoms with Gasteiger partial charge in [-0.1, -0.05) is 91.0 Å². The number of para-hydroxylation sites is 2. The lowest BCUT2D eigenvalue weighted by Crippen LogP contribution is -1.95. The van der Waals surface area contributed by atoms with E-state index in [9.17, 15) is 0 Å². The smallest absolute Gasteiger partial charge is 0.163 e. The molecule has 0 saturated carbocycles. The number of aromatic nitrogens is 4. The lowest BCUT2D eigenvalue weighted by molar-refractivity contribution is 0.668. The van der Waals surface area contributed by atoms with Gasteiger partial charge >= 0.3 is 0 Å². The Kier molecular flexibility index (Phi) is 4.51. The third kappa shape index (κ3) is 3.28. The first-order chi connectivity index (χ1) is 20.3. The second-order valence-corrected chi connectivity index (χ2v) is 10.1. The van der Waals surface area contributed by atoms with Crippen molar-refractivity contribution in [2.75, 3.05) is 0 Å². The largest absolute Gasteiger partial charge is 0.456 e. The Labute approximate surface area is 232 Å². The molecule has 6 heteroatoms. The minimum absolute atomic E-state index is 0.595. The number of nitrogens with one attached hydrogen (secondary N) is 1. The van der Waals surface area contributed by atoms with Gasteiger partial charge in [-0.3, -0.25) is 0 Å². The highest BCUT2D eigenvalue weighted by atomic mass is 16.3. The van der Waals surface area contributed by atoms with Crippen LogP contribution < -0.4 is 0 Å². The summed E-state index contributed by atoms with van der Waals surface area (Å²) in [6.07, 6.45) is 0. The number of imidazole rings is 1. The molecule has 0 unspecified atom stereocenters. The van der Waals surface area contributed by atoms with E-state index in [0.29, 0.717) is 17.0 Å². The molecule has 0 radical (unpaired) electrons. The van der Waals surface area contributed by atoms with Gasteiger partial charge in [0.05, 0.1) is 0 Å². The summed E-state index contributed by atoms with van der Waals surface area (Å²) in [6, 6.07) is 38.3. The average Bonchev–Trinajstić information content (AvgIpc) is 3.74. The Morgan fingerprint density at radius 1 is 0.488 bits per heavy atom. The van der Waals surface area contributed by atoms with Gasteiger partial charge in [0.1, 0.15) is 39.4 Å². The van der Waals surface area contributed by atoms with Crippen LogP contribution in [0.5, 0.6) is 0 Å². The number of rotatable bonds is 3. The van der Waals surface area contributed by atoms with Crippen molar-refractivity contribution in [2.24, 2.45) is 0 Å². The Bertz CT molecular complexity index is 2430. The zero-order valence-corrected chi connectivity index (χ0v) is 21.6. The maximum atomic E-state index is 6.23. The number of furan rings is 2. The van der Waals surface area contributed by atoms with Crippen LogP contribution in [0, 0.1) is 0 Å². The lowest BCUT2D eigenvalue weighted by atomic mass is 10.0. The molecule has 0 aliphatic rings. The number of nitrogens with zero attached hydrogens (tertiary/aromatic N) is 3. The first kappa shape index (κ1) is 22.1. The van der Waals surface area contributed by atoms with Crippen LogP contribution in [-0.4, -0.2) is 19.9 Å². The van der Waals surface area contributed by atoms with E-state index in [1.165, 1.54) is 0 Å². The maximum absolute atomic E-state index is 6.23. The zero-order chi connectivity index (χ0) is 26.9. The number of hydrogen-bond donors (Lipinski definition) is 1. The van der Waals surface area contributed by atoms with Crippen molar-refractivity contribution in [3.05, 3.63) is 115 Å². The van der Waals surface area contributed by atoms with Crippen molar-refractivity contribution in [3.63, 3.8) is 0 Å². The molecule has 4 aromatic heterocycles. The number of H-pyrrole nitrogens is 1. The average molecular weight is 529 g/mol. The molecule has 4 heterocycles. The van der Waals surface area contributed by atoms with Crippen molar-refractivity contribution in [2.45, 2.75) is 0 Å². The molecule has 5 aromatic carbocycles. The molecular formula is C35H20N4O2. The fourth-order valence-electron chi connectivity index (χ4n) is 5.87. The fourth-order valence-corrected chi connectivity index (χ4v) is 5.87. The van der Waals surface area contributed by atoms with Crippen LogP contribution in [0.25, 0.3) is 89.1 Å². The molecule has 0 atom stereocenters. The number of benzene rings is 5. The minimum atomic E-state index is 0.595. The van der Waals surface area contributed by atoms with Crippen molar-refractivity contribution >= 4 is 55.0 Å². The van der Waals surface area contributed by atoms with Crippen molar-refractivity contribution in [3.8, 4) is 34.0 Å². The van der Waals surface area contributed by atoms with Gasteiger partial charge in [0.15, 0.2) is 11.5 Å². The van der Waals surface area contributed by atoms with E-state index in [1.54, 1.807) is 0 Å². The third-order valence-corrected chi connectivity index (χ3v) is 7.69. The van der Waals surface area contributed by atoms with Gasteiger partial charge < -0.3 is 13.8 Å². The SMILES string of the molecule is c1ccc(-c2nc3c(-c4cccc5oc6ccccc6c45)nc(-c4cccc5oc6ccccc6c45)nc3[nH]2)cc1. The summed E-state index contributed by atoms with van der Waals surface area (Å²) < 4.78 is 12.4. The van der Waals surface area contributed by atoms with Crippen molar-refractivity contribution in [1.82, 2.24) is 19.9 Å². The molecule has 9 rings (SSSR count). The van der Waals surface area contributed by atoms with E-state index in [0.717, 1.165) is 72.1 Å². The third-order valence-electron chi connectivity index (χ3n) is 7.69.